The van der Waals surface area contributed by atoms with Crippen molar-refractivity contribution < 1.29 is 4.79 Å². The Labute approximate surface area is 97.3 Å². The molecule has 16 heavy (non-hydrogen) atoms. The van der Waals surface area contributed by atoms with Gasteiger partial charge in [-0.05, 0) is 37.8 Å². The lowest BCUT2D eigenvalue weighted by atomic mass is 9.98. The molecule has 0 amide bonds. The zero-order chi connectivity index (χ0) is 11.5. The summed E-state index contributed by atoms with van der Waals surface area (Å²) in [5.41, 5.74) is 3.08. The Morgan fingerprint density at radius 2 is 2.00 bits per heavy atom. The number of anilines is 1. The molecule has 1 fully saturated rings. The maximum absolute atomic E-state index is 11.1. The predicted molar refractivity (Wildman–Crippen MR) is 67.2 cm³/mol. The Kier molecular flexibility index (Phi) is 3.28. The van der Waals surface area contributed by atoms with Crippen molar-refractivity contribution >= 4 is 12.0 Å². The molecule has 0 spiro atoms. The third-order valence-electron chi connectivity index (χ3n) is 3.43. The summed E-state index contributed by atoms with van der Waals surface area (Å²) in [5, 5.41) is 0. The van der Waals surface area contributed by atoms with Crippen molar-refractivity contribution in [3.63, 3.8) is 0 Å². The van der Waals surface area contributed by atoms with Crippen molar-refractivity contribution in [2.75, 3.05) is 18.0 Å². The van der Waals surface area contributed by atoms with E-state index < -0.39 is 0 Å². The first kappa shape index (κ1) is 11.2. The van der Waals surface area contributed by atoms with Gasteiger partial charge in [-0.1, -0.05) is 18.6 Å². The Morgan fingerprint density at radius 3 is 2.62 bits per heavy atom. The molecule has 0 radical (unpaired) electrons. The standard InChI is InChI=1S/C14H19NO/c1-11-5-7-15(8-6-11)14-4-3-12(2)9-13(14)10-16/h3-4,9-11H,5-8H2,1-2H3. The Morgan fingerprint density at radius 1 is 1.31 bits per heavy atom. The normalized spacial score (nSPS) is 17.5. The van der Waals surface area contributed by atoms with Crippen LogP contribution < -0.4 is 4.90 Å². The van der Waals surface area contributed by atoms with Crippen LogP contribution in [0.3, 0.4) is 0 Å². The zero-order valence-electron chi connectivity index (χ0n) is 10.1. The van der Waals surface area contributed by atoms with Gasteiger partial charge in [0, 0.05) is 24.3 Å². The monoisotopic (exact) mass is 217 g/mol. The largest absolute Gasteiger partial charge is 0.371 e. The fraction of sp³-hybridized carbons (Fsp3) is 0.500. The highest BCUT2D eigenvalue weighted by molar-refractivity contribution is 5.85. The summed E-state index contributed by atoms with van der Waals surface area (Å²) in [6.45, 7) is 6.47. The van der Waals surface area contributed by atoms with E-state index in [-0.39, 0.29) is 0 Å². The fourth-order valence-corrected chi connectivity index (χ4v) is 2.31. The minimum absolute atomic E-state index is 0.821. The van der Waals surface area contributed by atoms with Gasteiger partial charge in [-0.3, -0.25) is 4.79 Å². The number of aryl methyl sites for hydroxylation is 1. The Bertz CT molecular complexity index is 378. The van der Waals surface area contributed by atoms with Gasteiger partial charge < -0.3 is 4.90 Å². The second kappa shape index (κ2) is 4.69. The van der Waals surface area contributed by atoms with E-state index in [1.165, 1.54) is 12.8 Å². The molecular weight excluding hydrogens is 198 g/mol. The average Bonchev–Trinajstić information content (AvgIpc) is 2.30. The topological polar surface area (TPSA) is 20.3 Å². The van der Waals surface area contributed by atoms with Crippen LogP contribution in [0.5, 0.6) is 0 Å². The highest BCUT2D eigenvalue weighted by Gasteiger charge is 2.17. The molecule has 2 heteroatoms. The first-order valence-corrected chi connectivity index (χ1v) is 6.01. The predicted octanol–water partition coefficient (Wildman–Crippen LogP) is 3.04. The van der Waals surface area contributed by atoms with Gasteiger partial charge in [0.2, 0.25) is 0 Å². The van der Waals surface area contributed by atoms with Gasteiger partial charge in [0.15, 0.2) is 6.29 Å². The van der Waals surface area contributed by atoms with Gasteiger partial charge in [0.25, 0.3) is 0 Å². The molecule has 1 saturated heterocycles. The third-order valence-corrected chi connectivity index (χ3v) is 3.43. The highest BCUT2D eigenvalue weighted by Crippen LogP contribution is 2.26. The van der Waals surface area contributed by atoms with Crippen LogP contribution in [0.2, 0.25) is 0 Å². The number of piperidine rings is 1. The van der Waals surface area contributed by atoms with Gasteiger partial charge in [-0.2, -0.15) is 0 Å². The molecule has 2 nitrogen and oxygen atoms in total. The van der Waals surface area contributed by atoms with E-state index >= 15 is 0 Å². The van der Waals surface area contributed by atoms with E-state index in [2.05, 4.69) is 24.0 Å². The molecule has 1 aromatic carbocycles. The quantitative estimate of drug-likeness (QED) is 0.710. The smallest absolute Gasteiger partial charge is 0.152 e. The number of nitrogens with zero attached hydrogens (tertiary/aromatic N) is 1. The van der Waals surface area contributed by atoms with Crippen molar-refractivity contribution in [1.29, 1.82) is 0 Å². The number of rotatable bonds is 2. The van der Waals surface area contributed by atoms with Gasteiger partial charge in [0.1, 0.15) is 0 Å². The SMILES string of the molecule is Cc1ccc(N2CCC(C)CC2)c(C=O)c1. The molecule has 1 aromatic rings. The molecule has 0 aliphatic carbocycles. The maximum Gasteiger partial charge on any atom is 0.152 e. The van der Waals surface area contributed by atoms with Crippen LogP contribution in [-0.2, 0) is 0 Å². The summed E-state index contributed by atoms with van der Waals surface area (Å²) >= 11 is 0. The van der Waals surface area contributed by atoms with E-state index in [9.17, 15) is 4.79 Å². The molecule has 0 atom stereocenters. The van der Waals surface area contributed by atoms with E-state index in [1.807, 2.05) is 13.0 Å². The number of carbonyl (C=O) groups excluding carboxylic acids is 1. The molecule has 0 bridgehead atoms. The van der Waals surface area contributed by atoms with Gasteiger partial charge >= 0.3 is 0 Å². The minimum Gasteiger partial charge on any atom is -0.371 e. The van der Waals surface area contributed by atoms with Crippen molar-refractivity contribution in [1.82, 2.24) is 0 Å². The summed E-state index contributed by atoms with van der Waals surface area (Å²) in [4.78, 5) is 13.4. The minimum atomic E-state index is 0.821. The van der Waals surface area contributed by atoms with Crippen LogP contribution in [0.1, 0.15) is 35.7 Å². The average molecular weight is 217 g/mol. The number of hydrogen-bond donors (Lipinski definition) is 0. The third kappa shape index (κ3) is 2.26. The lowest BCUT2D eigenvalue weighted by Gasteiger charge is -2.33. The number of aldehydes is 1. The van der Waals surface area contributed by atoms with E-state index in [0.29, 0.717) is 0 Å². The van der Waals surface area contributed by atoms with E-state index in [4.69, 9.17) is 0 Å². The fourth-order valence-electron chi connectivity index (χ4n) is 2.31. The summed E-state index contributed by atoms with van der Waals surface area (Å²) in [5.74, 6) is 0.821. The summed E-state index contributed by atoms with van der Waals surface area (Å²) in [7, 11) is 0. The van der Waals surface area contributed by atoms with Gasteiger partial charge in [-0.25, -0.2) is 0 Å². The highest BCUT2D eigenvalue weighted by atomic mass is 16.1. The lowest BCUT2D eigenvalue weighted by Crippen LogP contribution is -2.33. The number of benzene rings is 1. The lowest BCUT2D eigenvalue weighted by molar-refractivity contribution is 0.112. The van der Waals surface area contributed by atoms with Crippen molar-refractivity contribution in [3.8, 4) is 0 Å². The van der Waals surface area contributed by atoms with Crippen LogP contribution >= 0.6 is 0 Å². The number of carbonyl (C=O) groups is 1. The van der Waals surface area contributed by atoms with E-state index in [1.54, 1.807) is 0 Å². The van der Waals surface area contributed by atoms with Crippen LogP contribution in [0.4, 0.5) is 5.69 Å². The number of hydrogen-bond acceptors (Lipinski definition) is 2. The molecule has 2 rings (SSSR count). The first-order chi connectivity index (χ1) is 7.70. The van der Waals surface area contributed by atoms with Crippen LogP contribution in [0.25, 0.3) is 0 Å². The molecular formula is C14H19NO. The molecule has 1 heterocycles. The van der Waals surface area contributed by atoms with Gasteiger partial charge in [0.05, 0.1) is 0 Å². The summed E-state index contributed by atoms with van der Waals surface area (Å²) in [6.07, 6.45) is 3.43. The second-order valence-electron chi connectivity index (χ2n) is 4.85. The summed E-state index contributed by atoms with van der Waals surface area (Å²) in [6, 6.07) is 6.13. The van der Waals surface area contributed by atoms with Crippen molar-refractivity contribution in [3.05, 3.63) is 29.3 Å². The second-order valence-corrected chi connectivity index (χ2v) is 4.85. The van der Waals surface area contributed by atoms with Crippen molar-refractivity contribution in [2.45, 2.75) is 26.7 Å². The van der Waals surface area contributed by atoms with Crippen LogP contribution in [0.15, 0.2) is 18.2 Å². The van der Waals surface area contributed by atoms with Crippen molar-refractivity contribution in [2.24, 2.45) is 5.92 Å². The zero-order valence-corrected chi connectivity index (χ0v) is 10.1. The van der Waals surface area contributed by atoms with Crippen LogP contribution in [0, 0.1) is 12.8 Å². The van der Waals surface area contributed by atoms with Crippen LogP contribution in [-0.4, -0.2) is 19.4 Å². The maximum atomic E-state index is 11.1. The molecule has 0 unspecified atom stereocenters. The van der Waals surface area contributed by atoms with E-state index in [0.717, 1.165) is 42.1 Å². The van der Waals surface area contributed by atoms with Gasteiger partial charge in [-0.15, -0.1) is 0 Å². The molecule has 0 saturated carbocycles. The Hall–Kier alpha value is -1.31. The molecule has 0 N–H and O–H groups in total. The molecule has 1 aliphatic heterocycles. The Balaban J connectivity index is 2.23. The summed E-state index contributed by atoms with van der Waals surface area (Å²) < 4.78 is 0. The first-order valence-electron chi connectivity index (χ1n) is 6.01. The molecule has 1 aliphatic rings. The molecule has 86 valence electrons. The molecule has 0 aromatic heterocycles.